The van der Waals surface area contributed by atoms with Gasteiger partial charge >= 0.3 is 0 Å². The minimum Gasteiger partial charge on any atom is -0.356 e. The second-order valence-corrected chi connectivity index (χ2v) is 6.17. The highest BCUT2D eigenvalue weighted by molar-refractivity contribution is 5.97. The monoisotopic (exact) mass is 318 g/mol. The van der Waals surface area contributed by atoms with E-state index in [4.69, 9.17) is 4.98 Å². The highest BCUT2D eigenvalue weighted by Gasteiger charge is 2.20. The molecule has 0 spiro atoms. The van der Waals surface area contributed by atoms with Crippen LogP contribution in [0, 0.1) is 13.8 Å². The van der Waals surface area contributed by atoms with E-state index >= 15 is 0 Å². The average Bonchev–Trinajstić information content (AvgIpc) is 3.01. The summed E-state index contributed by atoms with van der Waals surface area (Å²) < 4.78 is 0. The minimum absolute atomic E-state index is 0.0255. The van der Waals surface area contributed by atoms with Crippen molar-refractivity contribution in [2.24, 2.45) is 0 Å². The number of benzene rings is 1. The number of aryl methyl sites for hydroxylation is 2. The summed E-state index contributed by atoms with van der Waals surface area (Å²) in [5.41, 5.74) is 6.72. The van der Waals surface area contributed by atoms with Crippen LogP contribution in [0.2, 0.25) is 0 Å². The third kappa shape index (κ3) is 2.48. The van der Waals surface area contributed by atoms with Gasteiger partial charge in [-0.05, 0) is 31.5 Å². The van der Waals surface area contributed by atoms with E-state index < -0.39 is 0 Å². The maximum Gasteiger partial charge on any atom is 0.253 e. The van der Waals surface area contributed by atoms with Crippen molar-refractivity contribution in [1.29, 1.82) is 0 Å². The van der Waals surface area contributed by atoms with Crippen molar-refractivity contribution in [2.75, 3.05) is 6.54 Å². The SMILES string of the molecule is Cc1ccc(-c2nccc(-c3cc4c([nH]3)CCNC4=O)n2)c(C)c1. The molecule has 5 nitrogen and oxygen atoms in total. The lowest BCUT2D eigenvalue weighted by molar-refractivity contribution is 0.0946. The Balaban J connectivity index is 1.77. The van der Waals surface area contributed by atoms with E-state index in [2.05, 4.69) is 47.3 Å². The largest absolute Gasteiger partial charge is 0.356 e. The molecule has 1 aromatic carbocycles. The van der Waals surface area contributed by atoms with E-state index in [9.17, 15) is 4.79 Å². The lowest BCUT2D eigenvalue weighted by Gasteiger charge is -2.10. The van der Waals surface area contributed by atoms with Gasteiger partial charge in [-0.25, -0.2) is 9.97 Å². The number of aromatic amines is 1. The average molecular weight is 318 g/mol. The lowest BCUT2D eigenvalue weighted by Crippen LogP contribution is -2.31. The van der Waals surface area contributed by atoms with E-state index in [-0.39, 0.29) is 5.91 Å². The molecule has 1 aliphatic heterocycles. The summed E-state index contributed by atoms with van der Waals surface area (Å²) in [6, 6.07) is 9.98. The molecule has 4 rings (SSSR count). The predicted octanol–water partition coefficient (Wildman–Crippen LogP) is 3.04. The second kappa shape index (κ2) is 5.60. The zero-order valence-corrected chi connectivity index (χ0v) is 13.7. The first-order chi connectivity index (χ1) is 11.6. The van der Waals surface area contributed by atoms with Gasteiger partial charge < -0.3 is 10.3 Å². The highest BCUT2D eigenvalue weighted by atomic mass is 16.1. The molecule has 0 bridgehead atoms. The number of nitrogens with one attached hydrogen (secondary N) is 2. The first-order valence-corrected chi connectivity index (χ1v) is 8.03. The zero-order chi connectivity index (χ0) is 16.7. The van der Waals surface area contributed by atoms with Gasteiger partial charge in [-0.15, -0.1) is 0 Å². The number of amides is 1. The molecule has 5 heteroatoms. The third-order valence-corrected chi connectivity index (χ3v) is 4.36. The molecule has 0 saturated carbocycles. The van der Waals surface area contributed by atoms with Crippen molar-refractivity contribution in [1.82, 2.24) is 20.3 Å². The Labute approximate surface area is 140 Å². The molecule has 0 unspecified atom stereocenters. The number of rotatable bonds is 2. The third-order valence-electron chi connectivity index (χ3n) is 4.36. The van der Waals surface area contributed by atoms with Gasteiger partial charge in [-0.2, -0.15) is 0 Å². The first kappa shape index (κ1) is 14.6. The number of H-pyrrole nitrogens is 1. The summed E-state index contributed by atoms with van der Waals surface area (Å²) in [5, 5.41) is 2.86. The lowest BCUT2D eigenvalue weighted by atomic mass is 10.1. The van der Waals surface area contributed by atoms with Crippen LogP contribution in [-0.4, -0.2) is 27.4 Å². The molecule has 3 heterocycles. The van der Waals surface area contributed by atoms with Gasteiger partial charge in [-0.1, -0.05) is 23.8 Å². The van der Waals surface area contributed by atoms with Crippen LogP contribution in [0.3, 0.4) is 0 Å². The Morgan fingerprint density at radius 3 is 2.75 bits per heavy atom. The standard InChI is InChI=1S/C19H18N4O/c1-11-3-4-13(12(2)9-11)18-20-7-6-16(23-18)17-10-14-15(22-17)5-8-21-19(14)24/h3-4,6-7,9-10,22H,5,8H2,1-2H3,(H,21,24). The molecule has 0 atom stereocenters. The molecule has 3 aromatic rings. The Morgan fingerprint density at radius 1 is 1.08 bits per heavy atom. The van der Waals surface area contributed by atoms with Crippen molar-refractivity contribution in [3.63, 3.8) is 0 Å². The van der Waals surface area contributed by atoms with Gasteiger partial charge in [0, 0.05) is 30.4 Å². The van der Waals surface area contributed by atoms with Crippen LogP contribution in [0.5, 0.6) is 0 Å². The van der Waals surface area contributed by atoms with Crippen LogP contribution in [0.15, 0.2) is 36.5 Å². The Hall–Kier alpha value is -2.95. The van der Waals surface area contributed by atoms with Gasteiger partial charge in [-0.3, -0.25) is 4.79 Å². The van der Waals surface area contributed by atoms with E-state index in [1.54, 1.807) is 6.20 Å². The second-order valence-electron chi connectivity index (χ2n) is 6.17. The van der Waals surface area contributed by atoms with Crippen LogP contribution in [0.1, 0.15) is 27.2 Å². The number of hydrogen-bond donors (Lipinski definition) is 2. The van der Waals surface area contributed by atoms with Crippen LogP contribution >= 0.6 is 0 Å². The summed E-state index contributed by atoms with van der Waals surface area (Å²) in [4.78, 5) is 24.4. The van der Waals surface area contributed by atoms with Gasteiger partial charge in [0.05, 0.1) is 17.0 Å². The van der Waals surface area contributed by atoms with Crippen molar-refractivity contribution in [3.8, 4) is 22.8 Å². The summed E-state index contributed by atoms with van der Waals surface area (Å²) >= 11 is 0. The summed E-state index contributed by atoms with van der Waals surface area (Å²) in [5.74, 6) is 0.671. The molecular formula is C19H18N4O. The number of nitrogens with zero attached hydrogens (tertiary/aromatic N) is 2. The van der Waals surface area contributed by atoms with E-state index in [0.717, 1.165) is 34.6 Å². The van der Waals surface area contributed by atoms with Crippen molar-refractivity contribution >= 4 is 5.91 Å². The van der Waals surface area contributed by atoms with E-state index in [0.29, 0.717) is 17.9 Å². The molecule has 0 saturated heterocycles. The summed E-state index contributed by atoms with van der Waals surface area (Å²) in [6.45, 7) is 4.81. The molecule has 0 radical (unpaired) electrons. The smallest absolute Gasteiger partial charge is 0.253 e. The van der Waals surface area contributed by atoms with Gasteiger partial charge in [0.25, 0.3) is 5.91 Å². The highest BCUT2D eigenvalue weighted by Crippen LogP contribution is 2.26. The minimum atomic E-state index is -0.0255. The molecule has 2 N–H and O–H groups in total. The number of carbonyl (C=O) groups is 1. The molecule has 1 amide bonds. The molecule has 120 valence electrons. The number of hydrogen-bond acceptors (Lipinski definition) is 3. The number of carbonyl (C=O) groups excluding carboxylic acids is 1. The quantitative estimate of drug-likeness (QED) is 0.763. The molecule has 0 fully saturated rings. The van der Waals surface area contributed by atoms with E-state index in [1.807, 2.05) is 12.1 Å². The Morgan fingerprint density at radius 2 is 1.96 bits per heavy atom. The molecule has 0 aliphatic carbocycles. The number of aromatic nitrogens is 3. The van der Waals surface area contributed by atoms with Crippen molar-refractivity contribution in [3.05, 3.63) is 58.9 Å². The topological polar surface area (TPSA) is 70.7 Å². The Kier molecular flexibility index (Phi) is 3.41. The normalized spacial score (nSPS) is 13.5. The van der Waals surface area contributed by atoms with Gasteiger partial charge in [0.2, 0.25) is 0 Å². The van der Waals surface area contributed by atoms with Crippen molar-refractivity contribution < 1.29 is 4.79 Å². The van der Waals surface area contributed by atoms with Crippen LogP contribution in [0.25, 0.3) is 22.8 Å². The maximum atomic E-state index is 11.9. The van der Waals surface area contributed by atoms with Gasteiger partial charge in [0.15, 0.2) is 5.82 Å². The zero-order valence-electron chi connectivity index (χ0n) is 13.7. The molecular weight excluding hydrogens is 300 g/mol. The molecule has 2 aromatic heterocycles. The first-order valence-electron chi connectivity index (χ1n) is 8.03. The summed E-state index contributed by atoms with van der Waals surface area (Å²) in [7, 11) is 0. The predicted molar refractivity (Wildman–Crippen MR) is 92.8 cm³/mol. The maximum absolute atomic E-state index is 11.9. The summed E-state index contributed by atoms with van der Waals surface area (Å²) in [6.07, 6.45) is 2.58. The van der Waals surface area contributed by atoms with Crippen LogP contribution in [-0.2, 0) is 6.42 Å². The fraction of sp³-hybridized carbons (Fsp3) is 0.211. The van der Waals surface area contributed by atoms with E-state index in [1.165, 1.54) is 5.56 Å². The fourth-order valence-electron chi connectivity index (χ4n) is 3.13. The molecule has 24 heavy (non-hydrogen) atoms. The van der Waals surface area contributed by atoms with Crippen LogP contribution < -0.4 is 5.32 Å². The number of fused-ring (bicyclic) bond motifs is 1. The fourth-order valence-corrected chi connectivity index (χ4v) is 3.13. The Bertz CT molecular complexity index is 942. The van der Waals surface area contributed by atoms with Gasteiger partial charge in [0.1, 0.15) is 0 Å². The van der Waals surface area contributed by atoms with Crippen LogP contribution in [0.4, 0.5) is 0 Å². The molecule has 1 aliphatic rings. The van der Waals surface area contributed by atoms with Crippen molar-refractivity contribution in [2.45, 2.75) is 20.3 Å².